The second-order valence-corrected chi connectivity index (χ2v) is 5.91. The summed E-state index contributed by atoms with van der Waals surface area (Å²) >= 11 is 0. The molecule has 0 saturated carbocycles. The Hall–Kier alpha value is -1.88. The van der Waals surface area contributed by atoms with Crippen LogP contribution in [0.5, 0.6) is 0 Å². The van der Waals surface area contributed by atoms with Gasteiger partial charge < -0.3 is 16.2 Å². The number of carbonyl (C=O) groups is 2. The molecule has 5 heteroatoms. The van der Waals surface area contributed by atoms with E-state index in [0.717, 1.165) is 6.42 Å². The summed E-state index contributed by atoms with van der Waals surface area (Å²) < 4.78 is 0. The minimum absolute atomic E-state index is 0.107. The normalized spacial score (nSPS) is 14.3. The minimum Gasteiger partial charge on any atom is -0.481 e. The highest BCUT2D eigenvalue weighted by molar-refractivity contribution is 5.95. The van der Waals surface area contributed by atoms with Crippen LogP contribution in [0.4, 0.5) is 5.69 Å². The van der Waals surface area contributed by atoms with Crippen LogP contribution >= 0.6 is 0 Å². The van der Waals surface area contributed by atoms with E-state index in [1.807, 2.05) is 13.8 Å². The second-order valence-electron chi connectivity index (χ2n) is 5.91. The van der Waals surface area contributed by atoms with Gasteiger partial charge in [0.25, 0.3) is 0 Å². The van der Waals surface area contributed by atoms with Crippen LogP contribution in [0, 0.1) is 5.92 Å². The lowest BCUT2D eigenvalue weighted by atomic mass is 9.85. The number of hydrogen-bond donors (Lipinski definition) is 3. The van der Waals surface area contributed by atoms with E-state index in [1.54, 1.807) is 38.1 Å². The number of amides is 1. The Morgan fingerprint density at radius 1 is 1.29 bits per heavy atom. The van der Waals surface area contributed by atoms with Crippen molar-refractivity contribution in [3.63, 3.8) is 0 Å². The molecule has 1 rings (SSSR count). The number of nitrogens with two attached hydrogens (primary N) is 1. The minimum atomic E-state index is -0.963. The van der Waals surface area contributed by atoms with Gasteiger partial charge in [0.1, 0.15) is 0 Å². The fraction of sp³-hybridized carbons (Fsp3) is 0.500. The molecule has 0 fully saturated rings. The first-order chi connectivity index (χ1) is 9.70. The van der Waals surface area contributed by atoms with Crippen molar-refractivity contribution in [2.75, 3.05) is 5.32 Å². The molecular weight excluding hydrogens is 268 g/mol. The number of carboxylic acids is 1. The third-order valence-corrected chi connectivity index (χ3v) is 3.97. The third-order valence-electron chi connectivity index (χ3n) is 3.97. The van der Waals surface area contributed by atoms with Gasteiger partial charge in [0.05, 0.1) is 11.5 Å². The fourth-order valence-electron chi connectivity index (χ4n) is 1.83. The maximum Gasteiger partial charge on any atom is 0.313 e. The van der Waals surface area contributed by atoms with Crippen LogP contribution in [0.3, 0.4) is 0 Å². The highest BCUT2D eigenvalue weighted by Gasteiger charge is 2.29. The summed E-state index contributed by atoms with van der Waals surface area (Å²) in [4.78, 5) is 23.2. The molecular formula is C16H24N2O3. The van der Waals surface area contributed by atoms with Crippen molar-refractivity contribution in [3.8, 4) is 0 Å². The molecule has 0 unspecified atom stereocenters. The van der Waals surface area contributed by atoms with E-state index in [9.17, 15) is 14.7 Å². The van der Waals surface area contributed by atoms with Crippen molar-refractivity contribution in [2.24, 2.45) is 11.7 Å². The highest BCUT2D eigenvalue weighted by atomic mass is 16.4. The van der Waals surface area contributed by atoms with Crippen molar-refractivity contribution >= 4 is 17.6 Å². The second kappa shape index (κ2) is 6.72. The molecule has 5 nitrogen and oxygen atoms in total. The van der Waals surface area contributed by atoms with Crippen LogP contribution in [0.2, 0.25) is 0 Å². The van der Waals surface area contributed by atoms with Crippen LogP contribution in [-0.4, -0.2) is 23.0 Å². The molecule has 116 valence electrons. The van der Waals surface area contributed by atoms with Gasteiger partial charge in [0.15, 0.2) is 0 Å². The lowest BCUT2D eigenvalue weighted by Gasteiger charge is -2.21. The van der Waals surface area contributed by atoms with E-state index in [-0.39, 0.29) is 11.8 Å². The van der Waals surface area contributed by atoms with Gasteiger partial charge >= 0.3 is 5.97 Å². The van der Waals surface area contributed by atoms with Gasteiger partial charge in [-0.1, -0.05) is 32.4 Å². The molecule has 0 aromatic heterocycles. The molecule has 0 radical (unpaired) electrons. The van der Waals surface area contributed by atoms with Crippen molar-refractivity contribution < 1.29 is 14.7 Å². The van der Waals surface area contributed by atoms with Gasteiger partial charge in [-0.25, -0.2) is 0 Å². The molecule has 0 heterocycles. The largest absolute Gasteiger partial charge is 0.481 e. The maximum atomic E-state index is 12.0. The summed E-state index contributed by atoms with van der Waals surface area (Å²) in [7, 11) is 0. The van der Waals surface area contributed by atoms with Crippen molar-refractivity contribution in [1.82, 2.24) is 0 Å². The number of hydrogen-bond acceptors (Lipinski definition) is 3. The fourth-order valence-corrected chi connectivity index (χ4v) is 1.83. The molecule has 0 saturated heterocycles. The predicted molar refractivity (Wildman–Crippen MR) is 83.2 cm³/mol. The van der Waals surface area contributed by atoms with E-state index in [4.69, 9.17) is 5.73 Å². The van der Waals surface area contributed by atoms with Gasteiger partial charge in [0, 0.05) is 5.69 Å². The smallest absolute Gasteiger partial charge is 0.313 e. The molecule has 0 aliphatic heterocycles. The molecule has 1 aromatic rings. The molecule has 0 spiro atoms. The van der Waals surface area contributed by atoms with E-state index in [1.165, 1.54) is 0 Å². The number of rotatable bonds is 6. The average Bonchev–Trinajstić information content (AvgIpc) is 2.45. The lowest BCUT2D eigenvalue weighted by molar-refractivity contribution is -0.142. The Kier molecular flexibility index (Phi) is 5.49. The van der Waals surface area contributed by atoms with Crippen LogP contribution in [0.15, 0.2) is 24.3 Å². The Bertz CT molecular complexity index is 509. The molecule has 0 aliphatic rings. The van der Waals surface area contributed by atoms with E-state index < -0.39 is 17.4 Å². The molecule has 0 bridgehead atoms. The van der Waals surface area contributed by atoms with Gasteiger partial charge in [-0.2, -0.15) is 0 Å². The van der Waals surface area contributed by atoms with Crippen molar-refractivity contribution in [3.05, 3.63) is 29.8 Å². The average molecular weight is 292 g/mol. The SMILES string of the molecule is CC[C@H](C)[C@H](N)C(=O)Nc1ccc(C(C)(C)C(=O)O)cc1. The van der Waals surface area contributed by atoms with Crippen molar-refractivity contribution in [1.29, 1.82) is 0 Å². The molecule has 1 amide bonds. The number of anilines is 1. The Morgan fingerprint density at radius 3 is 2.24 bits per heavy atom. The summed E-state index contributed by atoms with van der Waals surface area (Å²) in [6.45, 7) is 7.20. The zero-order valence-corrected chi connectivity index (χ0v) is 13.0. The quantitative estimate of drug-likeness (QED) is 0.750. The lowest BCUT2D eigenvalue weighted by Crippen LogP contribution is -2.40. The van der Waals surface area contributed by atoms with Crippen LogP contribution < -0.4 is 11.1 Å². The molecule has 2 atom stereocenters. The zero-order valence-electron chi connectivity index (χ0n) is 13.0. The van der Waals surface area contributed by atoms with Crippen LogP contribution in [-0.2, 0) is 15.0 Å². The molecule has 21 heavy (non-hydrogen) atoms. The number of carbonyl (C=O) groups excluding carboxylic acids is 1. The summed E-state index contributed by atoms with van der Waals surface area (Å²) in [5.41, 5.74) is 6.20. The van der Waals surface area contributed by atoms with E-state index >= 15 is 0 Å². The number of benzene rings is 1. The number of carboxylic acid groups (broad SMARTS) is 1. The molecule has 1 aromatic carbocycles. The van der Waals surface area contributed by atoms with Gasteiger partial charge in [-0.15, -0.1) is 0 Å². The first-order valence-electron chi connectivity index (χ1n) is 7.10. The first kappa shape index (κ1) is 17.2. The highest BCUT2D eigenvalue weighted by Crippen LogP contribution is 2.24. The van der Waals surface area contributed by atoms with E-state index in [2.05, 4.69) is 5.32 Å². The molecule has 0 aliphatic carbocycles. The predicted octanol–water partition coefficient (Wildman–Crippen LogP) is 2.36. The van der Waals surface area contributed by atoms with Crippen LogP contribution in [0.1, 0.15) is 39.7 Å². The maximum absolute atomic E-state index is 12.0. The Labute approximate surface area is 125 Å². The Balaban J connectivity index is 2.80. The summed E-state index contributed by atoms with van der Waals surface area (Å²) in [5.74, 6) is -1.01. The summed E-state index contributed by atoms with van der Waals surface area (Å²) in [6, 6.07) is 6.25. The van der Waals surface area contributed by atoms with Gasteiger partial charge in [-0.05, 0) is 37.5 Å². The summed E-state index contributed by atoms with van der Waals surface area (Å²) in [6.07, 6.45) is 0.834. The monoisotopic (exact) mass is 292 g/mol. The molecule has 4 N–H and O–H groups in total. The van der Waals surface area contributed by atoms with Gasteiger partial charge in [-0.3, -0.25) is 9.59 Å². The summed E-state index contributed by atoms with van der Waals surface area (Å²) in [5, 5.41) is 11.9. The number of aliphatic carboxylic acids is 1. The topological polar surface area (TPSA) is 92.4 Å². The van der Waals surface area contributed by atoms with Crippen molar-refractivity contribution in [2.45, 2.75) is 45.6 Å². The van der Waals surface area contributed by atoms with Gasteiger partial charge in [0.2, 0.25) is 5.91 Å². The first-order valence-corrected chi connectivity index (χ1v) is 7.10. The number of nitrogens with one attached hydrogen (secondary N) is 1. The third kappa shape index (κ3) is 4.04. The Morgan fingerprint density at radius 2 is 1.81 bits per heavy atom. The standard InChI is InChI=1S/C16H24N2O3/c1-5-10(2)13(17)14(19)18-12-8-6-11(7-9-12)16(3,4)15(20)21/h6-10,13H,5,17H2,1-4H3,(H,18,19)(H,20,21)/t10-,13-/m0/s1. The van der Waals surface area contributed by atoms with Crippen LogP contribution in [0.25, 0.3) is 0 Å². The van der Waals surface area contributed by atoms with E-state index in [0.29, 0.717) is 11.3 Å². The zero-order chi connectivity index (χ0) is 16.2.